The van der Waals surface area contributed by atoms with Crippen molar-refractivity contribution in [3.05, 3.63) is 45.4 Å². The number of carbonyl (C=O) groups is 4. The van der Waals surface area contributed by atoms with Gasteiger partial charge in [0.2, 0.25) is 0 Å². The van der Waals surface area contributed by atoms with Crippen LogP contribution >= 0.6 is 34.4 Å². The number of alkyl halides is 1. The van der Waals surface area contributed by atoms with Gasteiger partial charge in [-0.05, 0) is 25.0 Å². The summed E-state index contributed by atoms with van der Waals surface area (Å²) in [5.41, 5.74) is 12.6. The third-order valence-electron chi connectivity index (χ3n) is 9.85. The van der Waals surface area contributed by atoms with Crippen LogP contribution in [0.25, 0.3) is 10.2 Å². The van der Waals surface area contributed by atoms with Crippen LogP contribution in [0, 0.1) is 0 Å². The normalized spacial score (nSPS) is 25.9. The zero-order chi connectivity index (χ0) is 34.5. The average Bonchev–Trinajstić information content (AvgIpc) is 3.69. The topological polar surface area (TPSA) is 206 Å². The van der Waals surface area contributed by atoms with Crippen molar-refractivity contribution < 1.29 is 54.9 Å². The highest BCUT2D eigenvalue weighted by Gasteiger charge is 2.53. The van der Waals surface area contributed by atoms with E-state index in [0.717, 1.165) is 81.2 Å². The lowest BCUT2D eigenvalue weighted by atomic mass is 9.86. The first kappa shape index (κ1) is 35.9. The summed E-state index contributed by atoms with van der Waals surface area (Å²) in [4.78, 5) is 65.1. The largest absolute Gasteiger partial charge is 1.00 e. The fraction of sp³-hybridized carbons (Fsp3) is 0.433. The number of amides is 3. The summed E-state index contributed by atoms with van der Waals surface area (Å²) in [6, 6.07) is 4.58. The number of carboxylic acids is 1. The van der Waals surface area contributed by atoms with Crippen LogP contribution < -0.4 is 34.3 Å². The van der Waals surface area contributed by atoms with Crippen LogP contribution in [0.2, 0.25) is 0 Å². The number of β-lactam (4-membered cyclic amide) rings is 1. The van der Waals surface area contributed by atoms with Crippen LogP contribution in [0.15, 0.2) is 43.7 Å². The van der Waals surface area contributed by atoms with E-state index in [9.17, 15) is 28.7 Å². The standard InChI is InChI=1S/C30H32FN9O6S3.ClH/c31-15-46-37-23(18-14-47-29(33)34-18)26(42)36-24-19-2-4-21(25(28(44)45)38(19)27(24)43)49-30-35-17-11-16(1-3-20(17)48-30)12-39-5-8-40(9-6-39,10-7-39)13-22(32)41;/h1,3,11,14,19,24H,2,4-10,12-13,15H2,(H4-2,32,33,34,36,41,42,44,45);1H/b37-23-;/t19-,24+,39?,40?;/m1./s1. The van der Waals surface area contributed by atoms with Crippen LogP contribution in [-0.4, -0.2) is 118 Å². The van der Waals surface area contributed by atoms with Crippen molar-refractivity contribution in [2.45, 2.75) is 35.8 Å². The Morgan fingerprint density at radius 2 is 1.88 bits per heavy atom. The number of carboxylic acid groups (broad SMARTS) is 1. The first-order chi connectivity index (χ1) is 23.5. The molecule has 2 aromatic heterocycles. The molecule has 5 N–H and O–H groups in total. The number of allylic oxidation sites excluding steroid dienone is 1. The Balaban J connectivity index is 0.00000432. The summed E-state index contributed by atoms with van der Waals surface area (Å²) in [6.07, 6.45) is 0.696. The van der Waals surface area contributed by atoms with Crippen LogP contribution in [0.1, 0.15) is 24.1 Å². The van der Waals surface area contributed by atoms with Crippen molar-refractivity contribution in [1.29, 1.82) is 0 Å². The number of nitrogens with zero attached hydrogens (tertiary/aromatic N) is 6. The number of hydrogen-bond donors (Lipinski definition) is 3. The molecule has 15 nitrogen and oxygen atoms in total. The number of oxime groups is 1. The number of primary amides is 1. The molecule has 1 aromatic carbocycles. The highest BCUT2D eigenvalue weighted by Crippen LogP contribution is 2.44. The molecule has 3 amide bonds. The Kier molecular flexibility index (Phi) is 10.1. The molecule has 0 aliphatic carbocycles. The van der Waals surface area contributed by atoms with Gasteiger partial charge in [-0.25, -0.2) is 14.4 Å². The Morgan fingerprint density at radius 1 is 1.16 bits per heavy atom. The predicted molar refractivity (Wildman–Crippen MR) is 177 cm³/mol. The number of thiazole rings is 2. The number of nitrogens with one attached hydrogen (secondary N) is 1. The molecule has 3 aromatic rings. The number of nitrogens with two attached hydrogens (primary N) is 2. The lowest BCUT2D eigenvalue weighted by Crippen LogP contribution is -3.00. The van der Waals surface area contributed by atoms with E-state index in [1.165, 1.54) is 34.0 Å². The summed E-state index contributed by atoms with van der Waals surface area (Å²) < 4.78 is 16.0. The minimum atomic E-state index is -1.50. The smallest absolute Gasteiger partial charge is 0.276 e. The number of benzene rings is 1. The lowest BCUT2D eigenvalue weighted by molar-refractivity contribution is -1.08. The summed E-state index contributed by atoms with van der Waals surface area (Å²) >= 11 is 3.69. The Bertz CT molecular complexity index is 1910. The number of rotatable bonds is 12. The predicted octanol–water partition coefficient (Wildman–Crippen LogP) is -3.12. The molecule has 50 heavy (non-hydrogen) atoms. The number of hydrogen-bond acceptors (Lipinski definition) is 13. The zero-order valence-corrected chi connectivity index (χ0v) is 29.7. The molecule has 0 saturated carbocycles. The molecule has 0 spiro atoms. The van der Waals surface area contributed by atoms with Gasteiger partial charge in [0.15, 0.2) is 21.7 Å². The monoisotopic (exact) mass is 765 g/mol. The second kappa shape index (κ2) is 14.0. The van der Waals surface area contributed by atoms with Crippen molar-refractivity contribution in [2.75, 3.05) is 58.4 Å². The maximum absolute atomic E-state index is 13.3. The van der Waals surface area contributed by atoms with E-state index in [4.69, 9.17) is 16.5 Å². The molecule has 0 unspecified atom stereocenters. The average molecular weight is 766 g/mol. The minimum Gasteiger partial charge on any atom is -1.00 e. The number of thioether (sulfide) groups is 1. The van der Waals surface area contributed by atoms with E-state index < -0.39 is 36.7 Å². The summed E-state index contributed by atoms with van der Waals surface area (Å²) in [6.45, 7) is 5.80. The number of carbonyl (C=O) groups excluding carboxylic acids is 4. The third kappa shape index (κ3) is 6.76. The molecule has 0 radical (unpaired) electrons. The first-order valence-corrected chi connectivity index (χ1v) is 18.1. The van der Waals surface area contributed by atoms with Gasteiger partial charge >= 0.3 is 0 Å². The fourth-order valence-corrected chi connectivity index (χ4v) is 10.2. The number of aromatic nitrogens is 2. The number of nitrogen functional groups attached to an aromatic ring is 1. The maximum Gasteiger partial charge on any atom is 0.276 e. The molecule has 7 heterocycles. The third-order valence-corrected chi connectivity index (χ3v) is 12.8. The fourth-order valence-electron chi connectivity index (χ4n) is 7.35. The molecule has 4 saturated heterocycles. The van der Waals surface area contributed by atoms with E-state index in [-0.39, 0.29) is 40.5 Å². The quantitative estimate of drug-likeness (QED) is 0.0732. The summed E-state index contributed by atoms with van der Waals surface area (Å²) in [5.74, 6) is -3.21. The highest BCUT2D eigenvalue weighted by molar-refractivity contribution is 8.04. The Labute approximate surface area is 303 Å². The zero-order valence-electron chi connectivity index (χ0n) is 26.5. The second-order valence-corrected chi connectivity index (χ2v) is 16.0. The van der Waals surface area contributed by atoms with E-state index in [0.29, 0.717) is 28.6 Å². The first-order valence-electron chi connectivity index (χ1n) is 15.6. The summed E-state index contributed by atoms with van der Waals surface area (Å²) in [5, 5.41) is 20.0. The number of piperazine rings is 3. The molecule has 266 valence electrons. The molecule has 5 aliphatic heterocycles. The van der Waals surface area contributed by atoms with Crippen LogP contribution in [-0.2, 0) is 30.6 Å². The van der Waals surface area contributed by atoms with Crippen LogP contribution in [0.3, 0.4) is 0 Å². The van der Waals surface area contributed by atoms with Gasteiger partial charge in [0, 0.05) is 15.8 Å². The summed E-state index contributed by atoms with van der Waals surface area (Å²) in [7, 11) is 0. The number of fused-ring (bicyclic) bond motifs is 5. The van der Waals surface area contributed by atoms with E-state index >= 15 is 0 Å². The van der Waals surface area contributed by atoms with Gasteiger partial charge in [-0.3, -0.25) is 14.4 Å². The van der Waals surface area contributed by atoms with Gasteiger partial charge in [-0.1, -0.05) is 23.0 Å². The van der Waals surface area contributed by atoms with Crippen molar-refractivity contribution in [2.24, 2.45) is 10.9 Å². The van der Waals surface area contributed by atoms with Gasteiger partial charge in [-0.15, -0.1) is 22.7 Å². The van der Waals surface area contributed by atoms with Crippen LogP contribution in [0.4, 0.5) is 9.52 Å². The molecule has 8 rings (SSSR count). The van der Waals surface area contributed by atoms with Crippen molar-refractivity contribution in [3.63, 3.8) is 0 Å². The molecular formula is C30H33ClFN9O6S3. The molecular weight excluding hydrogens is 733 g/mol. The molecule has 2 bridgehead atoms. The highest BCUT2D eigenvalue weighted by atomic mass is 35.5. The number of aliphatic carboxylic acids is 1. The maximum atomic E-state index is 13.3. The van der Waals surface area contributed by atoms with E-state index in [1.54, 1.807) is 0 Å². The van der Waals surface area contributed by atoms with Gasteiger partial charge in [0.25, 0.3) is 24.6 Å². The minimum absolute atomic E-state index is 0. The van der Waals surface area contributed by atoms with Gasteiger partial charge in [-0.2, -0.15) is 0 Å². The SMILES string of the molecule is NC(=O)C[N+]12CC[N+](Cc3ccc4sc(SC5=C(C(=O)[O-])N6C(=O)[C@@H](NC(=O)/C(=N\OCF)c7csc(N)n7)[C@H]6CC5)nc4c3)(CC1)CC2.[Cl-]. The van der Waals surface area contributed by atoms with Crippen LogP contribution in [0.5, 0.6) is 0 Å². The van der Waals surface area contributed by atoms with Crippen molar-refractivity contribution in [1.82, 2.24) is 20.2 Å². The van der Waals surface area contributed by atoms with Gasteiger partial charge in [0.05, 0.1) is 27.9 Å². The van der Waals surface area contributed by atoms with Gasteiger partial charge < -0.3 is 57.8 Å². The molecule has 2 atom stereocenters. The Hall–Kier alpha value is -3.88. The number of anilines is 1. The Morgan fingerprint density at radius 3 is 2.52 bits per heavy atom. The second-order valence-electron chi connectivity index (χ2n) is 12.8. The van der Waals surface area contributed by atoms with Gasteiger partial charge in [0.1, 0.15) is 57.5 Å². The van der Waals surface area contributed by atoms with E-state index in [2.05, 4.69) is 32.4 Å². The molecule has 5 aliphatic rings. The van der Waals surface area contributed by atoms with E-state index in [1.807, 2.05) is 6.07 Å². The van der Waals surface area contributed by atoms with Crippen molar-refractivity contribution in [3.8, 4) is 0 Å². The molecule has 20 heteroatoms. The number of halogens is 2. The number of quaternary nitrogens is 2. The molecule has 4 fully saturated rings. The lowest BCUT2D eigenvalue weighted by Gasteiger charge is -2.55. The van der Waals surface area contributed by atoms with Crippen molar-refractivity contribution >= 4 is 79.2 Å².